The third-order valence-corrected chi connectivity index (χ3v) is 6.62. The Hall–Kier alpha value is -1.14. The van der Waals surface area contributed by atoms with Crippen LogP contribution in [0.2, 0.25) is 0 Å². The second-order valence-corrected chi connectivity index (χ2v) is 8.84. The molecule has 1 saturated heterocycles. The molecule has 0 amide bonds. The fourth-order valence-corrected chi connectivity index (χ4v) is 3.91. The molecule has 1 aromatic rings. The van der Waals surface area contributed by atoms with Crippen molar-refractivity contribution < 1.29 is 12.8 Å². The lowest BCUT2D eigenvalue weighted by atomic mass is 10.2. The van der Waals surface area contributed by atoms with Crippen molar-refractivity contribution >= 4 is 45.6 Å². The Kier molecular flexibility index (Phi) is 10.5. The number of rotatable bonds is 7. The number of halogens is 2. The molecule has 7 nitrogen and oxygen atoms in total. The van der Waals surface area contributed by atoms with Crippen molar-refractivity contribution in [1.82, 2.24) is 14.5 Å². The maximum Gasteiger partial charge on any atom is 0.213 e. The van der Waals surface area contributed by atoms with Crippen LogP contribution in [0.5, 0.6) is 0 Å². The van der Waals surface area contributed by atoms with Crippen LogP contribution >= 0.6 is 24.0 Å². The number of anilines is 1. The fourth-order valence-electron chi connectivity index (χ4n) is 3.06. The molecule has 0 saturated carbocycles. The summed E-state index contributed by atoms with van der Waals surface area (Å²) in [4.78, 5) is 8.50. The van der Waals surface area contributed by atoms with Crippen LogP contribution in [0, 0.1) is 5.82 Å². The van der Waals surface area contributed by atoms with Crippen molar-refractivity contribution in [2.45, 2.75) is 13.3 Å². The van der Waals surface area contributed by atoms with Crippen LogP contribution in [0.25, 0.3) is 0 Å². The van der Waals surface area contributed by atoms with Crippen LogP contribution in [0.1, 0.15) is 13.3 Å². The van der Waals surface area contributed by atoms with E-state index in [0.29, 0.717) is 25.2 Å². The summed E-state index contributed by atoms with van der Waals surface area (Å²) in [7, 11) is 0.210. The molecule has 0 bridgehead atoms. The van der Waals surface area contributed by atoms with Gasteiger partial charge in [0.25, 0.3) is 0 Å². The van der Waals surface area contributed by atoms with Gasteiger partial charge in [0.2, 0.25) is 10.0 Å². The summed E-state index contributed by atoms with van der Waals surface area (Å²) in [6.45, 7) is 5.70. The Morgan fingerprint density at radius 1 is 1.25 bits per heavy atom. The van der Waals surface area contributed by atoms with Gasteiger partial charge in [0.05, 0.1) is 11.4 Å². The van der Waals surface area contributed by atoms with Gasteiger partial charge < -0.3 is 15.1 Å². The first-order valence-corrected chi connectivity index (χ1v) is 10.9. The zero-order valence-electron chi connectivity index (χ0n) is 16.8. The minimum Gasteiger partial charge on any atom is -0.366 e. The van der Waals surface area contributed by atoms with Crippen molar-refractivity contribution in [3.8, 4) is 0 Å². The molecule has 1 fully saturated rings. The quantitative estimate of drug-likeness (QED) is 0.254. The van der Waals surface area contributed by atoms with Crippen LogP contribution in [0.3, 0.4) is 0 Å². The van der Waals surface area contributed by atoms with Crippen molar-refractivity contribution in [2.75, 3.05) is 64.0 Å². The molecule has 1 heterocycles. The molecule has 1 aliphatic rings. The molecule has 1 N–H and O–H groups in total. The molecule has 0 aromatic heterocycles. The van der Waals surface area contributed by atoms with Crippen molar-refractivity contribution in [3.05, 3.63) is 30.1 Å². The van der Waals surface area contributed by atoms with E-state index in [9.17, 15) is 12.8 Å². The van der Waals surface area contributed by atoms with E-state index in [1.165, 1.54) is 10.4 Å². The molecule has 160 valence electrons. The molecule has 2 rings (SSSR count). The Bertz CT molecular complexity index is 739. The lowest BCUT2D eigenvalue weighted by Crippen LogP contribution is -2.53. The summed E-state index contributed by atoms with van der Waals surface area (Å²) in [5.74, 6) is 0.717. The third kappa shape index (κ3) is 6.73. The van der Waals surface area contributed by atoms with Crippen LogP contribution < -0.4 is 10.2 Å². The molecule has 1 aliphatic heterocycles. The molecule has 1 aromatic carbocycles. The number of piperazine rings is 1. The summed E-state index contributed by atoms with van der Waals surface area (Å²) in [5, 5.41) is 3.29. The molecule has 28 heavy (non-hydrogen) atoms. The molecular weight excluding hydrogens is 496 g/mol. The van der Waals surface area contributed by atoms with Gasteiger partial charge >= 0.3 is 0 Å². The molecular formula is C18H31FIN5O2S. The minimum absolute atomic E-state index is 0. The smallest absolute Gasteiger partial charge is 0.213 e. The van der Waals surface area contributed by atoms with E-state index < -0.39 is 10.0 Å². The van der Waals surface area contributed by atoms with E-state index in [0.717, 1.165) is 32.1 Å². The second-order valence-electron chi connectivity index (χ2n) is 6.48. The maximum absolute atomic E-state index is 13.9. The summed E-state index contributed by atoms with van der Waals surface area (Å²) >= 11 is 0. The largest absolute Gasteiger partial charge is 0.366 e. The predicted octanol–water partition coefficient (Wildman–Crippen LogP) is 1.81. The maximum atomic E-state index is 13.9. The number of aliphatic imine (C=N–C) groups is 1. The van der Waals surface area contributed by atoms with Gasteiger partial charge in [0.15, 0.2) is 5.96 Å². The number of para-hydroxylation sites is 1. The zero-order chi connectivity index (χ0) is 19.9. The number of sulfonamides is 1. The van der Waals surface area contributed by atoms with Crippen molar-refractivity contribution in [2.24, 2.45) is 4.99 Å². The minimum atomic E-state index is -3.13. The van der Waals surface area contributed by atoms with Gasteiger partial charge in [-0.1, -0.05) is 12.1 Å². The first-order chi connectivity index (χ1) is 12.9. The van der Waals surface area contributed by atoms with Crippen molar-refractivity contribution in [1.29, 1.82) is 0 Å². The van der Waals surface area contributed by atoms with E-state index in [1.54, 1.807) is 33.2 Å². The molecule has 0 unspecified atom stereocenters. The number of benzene rings is 1. The highest BCUT2D eigenvalue weighted by molar-refractivity contribution is 14.0. The van der Waals surface area contributed by atoms with Crippen LogP contribution in [-0.2, 0) is 10.0 Å². The van der Waals surface area contributed by atoms with Gasteiger partial charge in [-0.25, -0.2) is 17.1 Å². The van der Waals surface area contributed by atoms with E-state index in [1.807, 2.05) is 11.0 Å². The van der Waals surface area contributed by atoms with E-state index in [4.69, 9.17) is 0 Å². The highest BCUT2D eigenvalue weighted by atomic mass is 127. The van der Waals surface area contributed by atoms with E-state index in [2.05, 4.69) is 15.2 Å². The predicted molar refractivity (Wildman–Crippen MR) is 124 cm³/mol. The monoisotopic (exact) mass is 527 g/mol. The number of nitrogens with zero attached hydrogens (tertiary/aromatic N) is 4. The first-order valence-electron chi connectivity index (χ1n) is 9.28. The first kappa shape index (κ1) is 24.9. The lowest BCUT2D eigenvalue weighted by molar-refractivity contribution is 0.369. The summed E-state index contributed by atoms with van der Waals surface area (Å²) in [6.07, 6.45) is 0.698. The zero-order valence-corrected chi connectivity index (χ0v) is 19.9. The summed E-state index contributed by atoms with van der Waals surface area (Å²) in [5.41, 5.74) is 0.639. The topological polar surface area (TPSA) is 68.2 Å². The van der Waals surface area contributed by atoms with E-state index >= 15 is 0 Å². The molecule has 0 atom stereocenters. The number of hydrogen-bond acceptors (Lipinski definition) is 4. The van der Waals surface area contributed by atoms with Gasteiger partial charge in [-0.3, -0.25) is 4.99 Å². The fraction of sp³-hybridized carbons (Fsp3) is 0.611. The standard InChI is InChI=1S/C18H30FN5O2S.HI/c1-4-27(25,26)22(3)11-7-10-21-18(20-2)24-14-12-23(13-15-24)17-9-6-5-8-16(17)19;/h5-6,8-9H,4,7,10-15H2,1-3H3,(H,20,21);1H. The van der Waals surface area contributed by atoms with Gasteiger partial charge in [-0.15, -0.1) is 24.0 Å². The van der Waals surface area contributed by atoms with Crippen molar-refractivity contribution in [3.63, 3.8) is 0 Å². The SMILES string of the molecule is CCS(=O)(=O)N(C)CCCNC(=NC)N1CCN(c2ccccc2F)CC1.I. The molecule has 10 heteroatoms. The molecule has 0 spiro atoms. The lowest BCUT2D eigenvalue weighted by Gasteiger charge is -2.37. The normalized spacial score (nSPS) is 15.5. The average Bonchev–Trinajstić information content (AvgIpc) is 2.68. The number of guanidine groups is 1. The average molecular weight is 527 g/mol. The highest BCUT2D eigenvalue weighted by Gasteiger charge is 2.21. The number of nitrogens with one attached hydrogen (secondary N) is 1. The Morgan fingerprint density at radius 3 is 2.46 bits per heavy atom. The Balaban J connectivity index is 0.00000392. The number of hydrogen-bond donors (Lipinski definition) is 1. The van der Waals surface area contributed by atoms with Crippen LogP contribution in [-0.4, -0.2) is 82.7 Å². The summed E-state index contributed by atoms with van der Waals surface area (Å²) in [6, 6.07) is 6.84. The Morgan fingerprint density at radius 2 is 1.89 bits per heavy atom. The van der Waals surface area contributed by atoms with Gasteiger partial charge in [-0.2, -0.15) is 0 Å². The summed E-state index contributed by atoms with van der Waals surface area (Å²) < 4.78 is 38.8. The van der Waals surface area contributed by atoms with Gasteiger partial charge in [0, 0.05) is 53.4 Å². The Labute approximate surface area is 185 Å². The van der Waals surface area contributed by atoms with Crippen LogP contribution in [0.4, 0.5) is 10.1 Å². The van der Waals surface area contributed by atoms with E-state index in [-0.39, 0.29) is 35.5 Å². The highest BCUT2D eigenvalue weighted by Crippen LogP contribution is 2.20. The molecule has 0 radical (unpaired) electrons. The second kappa shape index (κ2) is 11.8. The van der Waals surface area contributed by atoms with Gasteiger partial charge in [-0.05, 0) is 25.5 Å². The van der Waals surface area contributed by atoms with Gasteiger partial charge in [0.1, 0.15) is 5.82 Å². The van der Waals surface area contributed by atoms with Crippen LogP contribution in [0.15, 0.2) is 29.3 Å². The molecule has 0 aliphatic carbocycles. The third-order valence-electron chi connectivity index (χ3n) is 4.76.